The molecule has 0 radical (unpaired) electrons. The zero-order valence-electron chi connectivity index (χ0n) is 14.7. The first-order valence-electron chi connectivity index (χ1n) is 8.14. The Morgan fingerprint density at radius 2 is 1.68 bits per heavy atom. The largest absolute Gasteiger partial charge is 0.465 e. The summed E-state index contributed by atoms with van der Waals surface area (Å²) in [5.74, 6) is -2.34. The minimum absolute atomic E-state index is 0.0890. The topological polar surface area (TPSA) is 80.3 Å². The highest BCUT2D eigenvalue weighted by molar-refractivity contribution is 6.03. The highest BCUT2D eigenvalue weighted by Gasteiger charge is 2.10. The second-order valence-electron chi connectivity index (χ2n) is 5.70. The quantitative estimate of drug-likeness (QED) is 0.647. The smallest absolute Gasteiger partial charge is 0.337 e. The lowest BCUT2D eigenvalue weighted by atomic mass is 10.2. The molecule has 2 aromatic carbocycles. The number of aromatic nitrogens is 1. The van der Waals surface area contributed by atoms with Crippen molar-refractivity contribution in [3.8, 4) is 0 Å². The number of hydrogen-bond donors (Lipinski definition) is 2. The van der Waals surface area contributed by atoms with Gasteiger partial charge in [0, 0.05) is 11.8 Å². The molecule has 3 aromatic rings. The van der Waals surface area contributed by atoms with Gasteiger partial charge in [0.2, 0.25) is 0 Å². The number of ether oxygens (including phenoxy) is 1. The fraction of sp³-hybridized carbons (Fsp3) is 0.0500. The van der Waals surface area contributed by atoms with E-state index in [1.54, 1.807) is 18.2 Å². The van der Waals surface area contributed by atoms with Gasteiger partial charge in [0.1, 0.15) is 17.3 Å². The Balaban J connectivity index is 1.65. The molecule has 3 rings (SSSR count). The van der Waals surface area contributed by atoms with Crippen LogP contribution in [0.3, 0.4) is 0 Å². The molecule has 0 bridgehead atoms. The van der Waals surface area contributed by atoms with Gasteiger partial charge in [0.15, 0.2) is 0 Å². The van der Waals surface area contributed by atoms with E-state index in [-0.39, 0.29) is 11.4 Å². The number of hydrogen-bond acceptors (Lipinski definition) is 5. The average molecular weight is 383 g/mol. The molecule has 0 atom stereocenters. The third kappa shape index (κ3) is 4.47. The van der Waals surface area contributed by atoms with Crippen molar-refractivity contribution in [2.45, 2.75) is 0 Å². The van der Waals surface area contributed by atoms with E-state index in [2.05, 4.69) is 20.4 Å². The maximum Gasteiger partial charge on any atom is 0.337 e. The third-order valence-corrected chi connectivity index (χ3v) is 3.77. The lowest BCUT2D eigenvalue weighted by molar-refractivity contribution is 0.0600. The summed E-state index contributed by atoms with van der Waals surface area (Å²) in [6, 6.07) is 12.4. The SMILES string of the molecule is COC(=O)c1ccc(NC(=O)c2ccc(Nc3ccc(F)cc3F)cn2)cc1. The molecule has 142 valence electrons. The number of carbonyl (C=O) groups excluding carboxylic acids is 2. The van der Waals surface area contributed by atoms with E-state index in [0.717, 1.165) is 12.1 Å². The fourth-order valence-corrected chi connectivity index (χ4v) is 2.35. The summed E-state index contributed by atoms with van der Waals surface area (Å²) in [5.41, 5.74) is 1.51. The first-order chi connectivity index (χ1) is 13.5. The van der Waals surface area contributed by atoms with E-state index in [1.807, 2.05) is 0 Å². The van der Waals surface area contributed by atoms with Crippen LogP contribution in [0.2, 0.25) is 0 Å². The summed E-state index contributed by atoms with van der Waals surface area (Å²) in [5, 5.41) is 5.41. The molecule has 0 aliphatic heterocycles. The number of carbonyl (C=O) groups is 2. The van der Waals surface area contributed by atoms with Gasteiger partial charge < -0.3 is 15.4 Å². The molecule has 2 N–H and O–H groups in total. The summed E-state index contributed by atoms with van der Waals surface area (Å²) in [6.07, 6.45) is 1.36. The Morgan fingerprint density at radius 3 is 2.29 bits per heavy atom. The molecule has 0 aliphatic rings. The van der Waals surface area contributed by atoms with Crippen molar-refractivity contribution >= 4 is 28.9 Å². The van der Waals surface area contributed by atoms with Crippen molar-refractivity contribution in [1.29, 1.82) is 0 Å². The van der Waals surface area contributed by atoms with E-state index in [9.17, 15) is 18.4 Å². The first kappa shape index (κ1) is 19.0. The summed E-state index contributed by atoms with van der Waals surface area (Å²) in [4.78, 5) is 27.7. The fourth-order valence-electron chi connectivity index (χ4n) is 2.35. The Morgan fingerprint density at radius 1 is 0.964 bits per heavy atom. The van der Waals surface area contributed by atoms with Crippen molar-refractivity contribution in [1.82, 2.24) is 4.98 Å². The Hall–Kier alpha value is -3.81. The molecule has 0 fully saturated rings. The van der Waals surface area contributed by atoms with Crippen LogP contribution in [0, 0.1) is 11.6 Å². The van der Waals surface area contributed by atoms with E-state index in [1.165, 1.54) is 37.6 Å². The second kappa shape index (κ2) is 8.26. The number of nitrogens with one attached hydrogen (secondary N) is 2. The minimum atomic E-state index is -0.739. The molecule has 1 aromatic heterocycles. The molecular formula is C20H15F2N3O3. The van der Waals surface area contributed by atoms with E-state index in [4.69, 9.17) is 0 Å². The predicted molar refractivity (Wildman–Crippen MR) is 99.6 cm³/mol. The van der Waals surface area contributed by atoms with Gasteiger partial charge in [-0.3, -0.25) is 4.79 Å². The van der Waals surface area contributed by atoms with Gasteiger partial charge in [0.05, 0.1) is 30.2 Å². The zero-order chi connectivity index (χ0) is 20.1. The highest BCUT2D eigenvalue weighted by atomic mass is 19.1. The van der Waals surface area contributed by atoms with E-state index >= 15 is 0 Å². The van der Waals surface area contributed by atoms with E-state index < -0.39 is 23.5 Å². The Bertz CT molecular complexity index is 1010. The summed E-state index contributed by atoms with van der Waals surface area (Å²) in [7, 11) is 1.28. The van der Waals surface area contributed by atoms with Gasteiger partial charge in [-0.15, -0.1) is 0 Å². The van der Waals surface area contributed by atoms with E-state index in [0.29, 0.717) is 16.9 Å². The lowest BCUT2D eigenvalue weighted by Gasteiger charge is -2.09. The van der Waals surface area contributed by atoms with Crippen LogP contribution >= 0.6 is 0 Å². The standard InChI is InChI=1S/C20H15F2N3O3/c1-28-20(27)12-2-5-14(6-3-12)25-19(26)18-9-7-15(11-23-18)24-17-8-4-13(21)10-16(17)22/h2-11,24H,1H3,(H,25,26). The summed E-state index contributed by atoms with van der Waals surface area (Å²) >= 11 is 0. The van der Waals surface area contributed by atoms with Crippen LogP contribution in [0.15, 0.2) is 60.8 Å². The third-order valence-electron chi connectivity index (χ3n) is 3.77. The molecule has 8 heteroatoms. The van der Waals surface area contributed by atoms with Crippen molar-refractivity contribution in [2.75, 3.05) is 17.7 Å². The number of anilines is 3. The van der Waals surface area contributed by atoms with Crippen LogP contribution < -0.4 is 10.6 Å². The lowest BCUT2D eigenvalue weighted by Crippen LogP contribution is -2.13. The summed E-state index contributed by atoms with van der Waals surface area (Å²) in [6.45, 7) is 0. The normalized spacial score (nSPS) is 10.2. The molecular weight excluding hydrogens is 368 g/mol. The Kier molecular flexibility index (Phi) is 5.59. The molecule has 6 nitrogen and oxygen atoms in total. The number of amides is 1. The number of benzene rings is 2. The van der Waals surface area contributed by atoms with Gasteiger partial charge in [-0.1, -0.05) is 0 Å². The molecule has 1 heterocycles. The van der Waals surface area contributed by atoms with Crippen molar-refractivity contribution < 1.29 is 23.1 Å². The number of methoxy groups -OCH3 is 1. The van der Waals surface area contributed by atoms with Gasteiger partial charge in [-0.25, -0.2) is 18.6 Å². The van der Waals surface area contributed by atoms with Crippen molar-refractivity contribution in [3.63, 3.8) is 0 Å². The maximum absolute atomic E-state index is 13.7. The van der Waals surface area contributed by atoms with Crippen LogP contribution in [0.4, 0.5) is 25.8 Å². The number of esters is 1. The van der Waals surface area contributed by atoms with Crippen LogP contribution in [0.5, 0.6) is 0 Å². The predicted octanol–water partition coefficient (Wildman–Crippen LogP) is 4.14. The number of halogens is 2. The van der Waals surface area contributed by atoms with Crippen LogP contribution in [0.1, 0.15) is 20.8 Å². The molecule has 0 aliphatic carbocycles. The molecule has 28 heavy (non-hydrogen) atoms. The minimum Gasteiger partial charge on any atom is -0.465 e. The molecule has 1 amide bonds. The van der Waals surface area contributed by atoms with Gasteiger partial charge in [0.25, 0.3) is 5.91 Å². The van der Waals surface area contributed by atoms with Gasteiger partial charge in [-0.2, -0.15) is 0 Å². The zero-order valence-corrected chi connectivity index (χ0v) is 14.7. The molecule has 0 saturated carbocycles. The van der Waals surface area contributed by atoms with Gasteiger partial charge >= 0.3 is 5.97 Å². The first-order valence-corrected chi connectivity index (χ1v) is 8.14. The maximum atomic E-state index is 13.7. The van der Waals surface area contributed by atoms with Gasteiger partial charge in [-0.05, 0) is 48.5 Å². The molecule has 0 spiro atoms. The number of rotatable bonds is 5. The summed E-state index contributed by atoms with van der Waals surface area (Å²) < 4.78 is 31.2. The molecule has 0 saturated heterocycles. The second-order valence-corrected chi connectivity index (χ2v) is 5.70. The van der Waals surface area contributed by atoms with Crippen LogP contribution in [-0.2, 0) is 4.74 Å². The van der Waals surface area contributed by atoms with Crippen molar-refractivity contribution in [3.05, 3.63) is 83.7 Å². The van der Waals surface area contributed by atoms with Crippen LogP contribution in [0.25, 0.3) is 0 Å². The highest BCUT2D eigenvalue weighted by Crippen LogP contribution is 2.20. The Labute approximate surface area is 159 Å². The number of nitrogens with zero attached hydrogens (tertiary/aromatic N) is 1. The van der Waals surface area contributed by atoms with Crippen LogP contribution in [-0.4, -0.2) is 24.0 Å². The van der Waals surface area contributed by atoms with Crippen molar-refractivity contribution in [2.24, 2.45) is 0 Å². The number of pyridine rings is 1. The molecule has 0 unspecified atom stereocenters. The average Bonchev–Trinajstić information content (AvgIpc) is 2.70. The monoisotopic (exact) mass is 383 g/mol.